The second-order valence-corrected chi connectivity index (χ2v) is 3.30. The minimum Gasteiger partial charge on any atom is -0.397 e. The minimum absolute atomic E-state index is 0.330. The van der Waals surface area contributed by atoms with Gasteiger partial charge in [0.05, 0.1) is 11.4 Å². The highest BCUT2D eigenvalue weighted by atomic mass is 79.9. The number of halogens is 2. The van der Waals surface area contributed by atoms with E-state index in [4.69, 9.17) is 5.73 Å². The van der Waals surface area contributed by atoms with Crippen molar-refractivity contribution in [3.8, 4) is 0 Å². The molecular weight excluding hydrogens is 223 g/mol. The Kier molecular flexibility index (Phi) is 2.92. The molecule has 1 aromatic rings. The molecule has 1 aromatic carbocycles. The van der Waals surface area contributed by atoms with Gasteiger partial charge in [0.25, 0.3) is 0 Å². The zero-order valence-electron chi connectivity index (χ0n) is 6.70. The van der Waals surface area contributed by atoms with E-state index in [1.54, 1.807) is 6.07 Å². The maximum Gasteiger partial charge on any atom is 0.149 e. The fourth-order valence-electron chi connectivity index (χ4n) is 0.957. The topological polar surface area (TPSA) is 38.0 Å². The van der Waals surface area contributed by atoms with E-state index in [-0.39, 0.29) is 5.82 Å². The summed E-state index contributed by atoms with van der Waals surface area (Å²) in [5.74, 6) is -0.330. The van der Waals surface area contributed by atoms with Crippen LogP contribution in [-0.2, 0) is 0 Å². The Bertz CT molecular complexity index is 265. The van der Waals surface area contributed by atoms with Gasteiger partial charge in [-0.1, -0.05) is 15.9 Å². The summed E-state index contributed by atoms with van der Waals surface area (Å²) in [5, 5.41) is 2.85. The van der Waals surface area contributed by atoms with Crippen LogP contribution in [0.3, 0.4) is 0 Å². The Balaban J connectivity index is 3.10. The Hall–Kier alpha value is -0.770. The number of hydrogen-bond donors (Lipinski definition) is 2. The second-order valence-electron chi connectivity index (χ2n) is 2.38. The monoisotopic (exact) mass is 232 g/mol. The second kappa shape index (κ2) is 3.76. The summed E-state index contributed by atoms with van der Waals surface area (Å²) in [5.41, 5.74) is 6.37. The molecule has 0 atom stereocenters. The molecule has 1 rings (SSSR count). The van der Waals surface area contributed by atoms with Crippen LogP contribution in [0.15, 0.2) is 16.6 Å². The third-order valence-electron chi connectivity index (χ3n) is 1.44. The van der Waals surface area contributed by atoms with Gasteiger partial charge in [-0.2, -0.15) is 0 Å². The van der Waals surface area contributed by atoms with Crippen LogP contribution in [0.4, 0.5) is 15.8 Å². The van der Waals surface area contributed by atoms with Crippen LogP contribution in [0, 0.1) is 5.82 Å². The lowest BCUT2D eigenvalue weighted by Gasteiger charge is -2.08. The molecule has 12 heavy (non-hydrogen) atoms. The number of nitrogens with one attached hydrogen (secondary N) is 1. The average Bonchev–Trinajstić information content (AvgIpc) is 1.96. The molecule has 2 nitrogen and oxygen atoms in total. The van der Waals surface area contributed by atoms with Gasteiger partial charge in [0.15, 0.2) is 0 Å². The van der Waals surface area contributed by atoms with Crippen molar-refractivity contribution in [2.75, 3.05) is 17.6 Å². The van der Waals surface area contributed by atoms with Crippen LogP contribution in [0.1, 0.15) is 6.92 Å². The van der Waals surface area contributed by atoms with E-state index in [1.165, 1.54) is 6.07 Å². The number of benzene rings is 1. The Morgan fingerprint density at radius 1 is 1.58 bits per heavy atom. The number of rotatable bonds is 2. The van der Waals surface area contributed by atoms with E-state index in [0.717, 1.165) is 0 Å². The molecule has 0 spiro atoms. The molecule has 0 unspecified atom stereocenters. The molecule has 0 saturated heterocycles. The molecule has 0 aromatic heterocycles. The fourth-order valence-corrected chi connectivity index (χ4v) is 1.40. The molecule has 0 bridgehead atoms. The summed E-state index contributed by atoms with van der Waals surface area (Å²) in [4.78, 5) is 0. The quantitative estimate of drug-likeness (QED) is 0.770. The molecule has 0 amide bonds. The van der Waals surface area contributed by atoms with E-state index >= 15 is 0 Å². The summed E-state index contributed by atoms with van der Waals surface area (Å²) >= 11 is 3.15. The number of nitrogens with two attached hydrogens (primary N) is 1. The van der Waals surface area contributed by atoms with Gasteiger partial charge in [-0.3, -0.25) is 0 Å². The van der Waals surface area contributed by atoms with Crippen molar-refractivity contribution in [2.24, 2.45) is 0 Å². The lowest BCUT2D eigenvalue weighted by atomic mass is 10.2. The molecule has 3 N–H and O–H groups in total. The van der Waals surface area contributed by atoms with E-state index in [1.807, 2.05) is 6.92 Å². The first-order valence-corrected chi connectivity index (χ1v) is 4.42. The zero-order chi connectivity index (χ0) is 9.14. The normalized spacial score (nSPS) is 9.92. The molecule has 0 fully saturated rings. The lowest BCUT2D eigenvalue weighted by Crippen LogP contribution is -2.03. The van der Waals surface area contributed by atoms with Crippen molar-refractivity contribution in [2.45, 2.75) is 6.92 Å². The minimum atomic E-state index is -0.330. The summed E-state index contributed by atoms with van der Waals surface area (Å²) in [6.07, 6.45) is 0. The van der Waals surface area contributed by atoms with E-state index in [2.05, 4.69) is 21.2 Å². The zero-order valence-corrected chi connectivity index (χ0v) is 8.28. The highest BCUT2D eigenvalue weighted by molar-refractivity contribution is 9.10. The molecule has 0 heterocycles. The van der Waals surface area contributed by atoms with Crippen LogP contribution in [0.5, 0.6) is 0 Å². The number of hydrogen-bond acceptors (Lipinski definition) is 2. The Morgan fingerprint density at radius 3 is 2.75 bits per heavy atom. The Labute approximate surface area is 79.1 Å². The SMILES string of the molecule is CCNc1c(N)cc(Br)cc1F. The van der Waals surface area contributed by atoms with Crippen molar-refractivity contribution in [3.05, 3.63) is 22.4 Å². The van der Waals surface area contributed by atoms with Gasteiger partial charge in [0, 0.05) is 11.0 Å². The smallest absolute Gasteiger partial charge is 0.149 e. The average molecular weight is 233 g/mol. The Morgan fingerprint density at radius 2 is 2.25 bits per heavy atom. The molecule has 0 saturated carbocycles. The summed E-state index contributed by atoms with van der Waals surface area (Å²) in [7, 11) is 0. The summed E-state index contributed by atoms with van der Waals surface area (Å²) in [6.45, 7) is 2.55. The first kappa shape index (κ1) is 9.32. The van der Waals surface area contributed by atoms with E-state index in [9.17, 15) is 4.39 Å². The van der Waals surface area contributed by atoms with Crippen LogP contribution in [-0.4, -0.2) is 6.54 Å². The highest BCUT2D eigenvalue weighted by Gasteiger charge is 2.05. The number of anilines is 2. The highest BCUT2D eigenvalue weighted by Crippen LogP contribution is 2.26. The summed E-state index contributed by atoms with van der Waals surface area (Å²) in [6, 6.07) is 3.05. The van der Waals surface area contributed by atoms with Crippen LogP contribution < -0.4 is 11.1 Å². The third kappa shape index (κ3) is 1.88. The molecule has 0 radical (unpaired) electrons. The van der Waals surface area contributed by atoms with Gasteiger partial charge < -0.3 is 11.1 Å². The van der Waals surface area contributed by atoms with Crippen LogP contribution in [0.2, 0.25) is 0 Å². The maximum atomic E-state index is 13.1. The third-order valence-corrected chi connectivity index (χ3v) is 1.90. The van der Waals surface area contributed by atoms with E-state index < -0.39 is 0 Å². The molecular formula is C8H10BrFN2. The largest absolute Gasteiger partial charge is 0.397 e. The van der Waals surface area contributed by atoms with Crippen molar-refractivity contribution < 1.29 is 4.39 Å². The first-order valence-electron chi connectivity index (χ1n) is 3.63. The van der Waals surface area contributed by atoms with Crippen molar-refractivity contribution in [1.82, 2.24) is 0 Å². The molecule has 0 aliphatic heterocycles. The molecule has 0 aliphatic carbocycles. The standard InChI is InChI=1S/C8H10BrFN2/c1-2-12-8-6(10)3-5(9)4-7(8)11/h3-4,12H,2,11H2,1H3. The predicted octanol–water partition coefficient (Wildman–Crippen LogP) is 2.60. The predicted molar refractivity (Wildman–Crippen MR) is 52.7 cm³/mol. The summed E-state index contributed by atoms with van der Waals surface area (Å²) < 4.78 is 13.8. The fraction of sp³-hybridized carbons (Fsp3) is 0.250. The van der Waals surface area contributed by atoms with Crippen LogP contribution >= 0.6 is 15.9 Å². The van der Waals surface area contributed by atoms with Gasteiger partial charge in [-0.25, -0.2) is 4.39 Å². The van der Waals surface area contributed by atoms with Gasteiger partial charge >= 0.3 is 0 Å². The first-order chi connectivity index (χ1) is 5.65. The van der Waals surface area contributed by atoms with Gasteiger partial charge in [0.2, 0.25) is 0 Å². The van der Waals surface area contributed by atoms with Crippen LogP contribution in [0.25, 0.3) is 0 Å². The molecule has 0 aliphatic rings. The van der Waals surface area contributed by atoms with Gasteiger partial charge in [-0.15, -0.1) is 0 Å². The van der Waals surface area contributed by atoms with Crippen molar-refractivity contribution in [1.29, 1.82) is 0 Å². The van der Waals surface area contributed by atoms with Crippen molar-refractivity contribution in [3.63, 3.8) is 0 Å². The van der Waals surface area contributed by atoms with Crippen molar-refractivity contribution >= 4 is 27.3 Å². The molecule has 66 valence electrons. The maximum absolute atomic E-state index is 13.1. The van der Waals surface area contributed by atoms with E-state index in [0.29, 0.717) is 22.4 Å². The van der Waals surface area contributed by atoms with Gasteiger partial charge in [0.1, 0.15) is 5.82 Å². The number of nitrogen functional groups attached to an aromatic ring is 1. The molecule has 4 heteroatoms. The lowest BCUT2D eigenvalue weighted by molar-refractivity contribution is 0.630. The van der Waals surface area contributed by atoms with Gasteiger partial charge in [-0.05, 0) is 19.1 Å².